The number of hydrogen-bond acceptors (Lipinski definition) is 6. The van der Waals surface area contributed by atoms with Crippen molar-refractivity contribution in [3.8, 4) is 22.9 Å². The topological polar surface area (TPSA) is 70.4 Å². The fourth-order valence-corrected chi connectivity index (χ4v) is 2.98. The molecule has 1 aromatic heterocycles. The monoisotopic (exact) mass is 440 g/mol. The van der Waals surface area contributed by atoms with Crippen molar-refractivity contribution >= 4 is 5.69 Å². The molecule has 0 spiro atoms. The molecule has 0 amide bonds. The summed E-state index contributed by atoms with van der Waals surface area (Å²) >= 11 is 0. The summed E-state index contributed by atoms with van der Waals surface area (Å²) in [5.74, 6) is -0.0931. The molecule has 166 valence electrons. The van der Waals surface area contributed by atoms with E-state index in [1.165, 1.54) is 55.8 Å². The van der Waals surface area contributed by atoms with Crippen LogP contribution in [0.1, 0.15) is 12.0 Å². The van der Waals surface area contributed by atoms with Gasteiger partial charge in [0.15, 0.2) is 11.5 Å². The van der Waals surface area contributed by atoms with Gasteiger partial charge in [-0.3, -0.25) is 0 Å². The quantitative estimate of drug-likeness (QED) is 0.394. The Morgan fingerprint density at radius 1 is 1.06 bits per heavy atom. The molecule has 0 aliphatic rings. The number of ether oxygens (including phenoxy) is 3. The van der Waals surface area contributed by atoms with Crippen LogP contribution in [0.2, 0.25) is 0 Å². The van der Waals surface area contributed by atoms with Crippen LogP contribution in [0.3, 0.4) is 0 Å². The zero-order valence-corrected chi connectivity index (χ0v) is 16.7. The van der Waals surface area contributed by atoms with Crippen LogP contribution in [0.25, 0.3) is 5.69 Å². The zero-order chi connectivity index (χ0) is 22.4. The van der Waals surface area contributed by atoms with E-state index in [0.717, 1.165) is 0 Å². The van der Waals surface area contributed by atoms with Crippen molar-refractivity contribution in [1.29, 1.82) is 0 Å². The first-order chi connectivity index (χ1) is 14.8. The number of halogens is 4. The Kier molecular flexibility index (Phi) is 6.83. The molecule has 0 atom stereocenters. The number of rotatable bonds is 9. The van der Waals surface area contributed by atoms with E-state index in [2.05, 4.69) is 20.1 Å². The number of benzene rings is 2. The summed E-state index contributed by atoms with van der Waals surface area (Å²) in [6.07, 6.45) is -1.21. The molecular weight excluding hydrogens is 420 g/mol. The number of anilines is 1. The fourth-order valence-electron chi connectivity index (χ4n) is 2.98. The van der Waals surface area contributed by atoms with Crippen LogP contribution in [0.15, 0.2) is 43.0 Å². The van der Waals surface area contributed by atoms with Crippen LogP contribution in [-0.2, 0) is 6.42 Å². The Morgan fingerprint density at radius 3 is 2.45 bits per heavy atom. The van der Waals surface area contributed by atoms with Gasteiger partial charge in [0, 0.05) is 18.7 Å². The maximum atomic E-state index is 14.3. The summed E-state index contributed by atoms with van der Waals surface area (Å²) in [6, 6.07) is 6.66. The molecular formula is C20H20F4N4O3. The second-order valence-electron chi connectivity index (χ2n) is 6.40. The smallest absolute Gasteiger partial charge is 0.493 e. The lowest BCUT2D eigenvalue weighted by Gasteiger charge is -2.15. The average Bonchev–Trinajstić information content (AvgIpc) is 3.25. The molecule has 0 fully saturated rings. The minimum atomic E-state index is -4.81. The maximum Gasteiger partial charge on any atom is 0.573 e. The van der Waals surface area contributed by atoms with Crippen molar-refractivity contribution in [2.75, 3.05) is 26.1 Å². The molecule has 3 aromatic rings. The van der Waals surface area contributed by atoms with Gasteiger partial charge in [-0.15, -0.1) is 13.2 Å². The van der Waals surface area contributed by atoms with E-state index >= 15 is 0 Å². The molecule has 1 N–H and O–H groups in total. The SMILES string of the molecule is COc1cc(F)c(CCCNc2cc(OC(F)(F)F)ccc2-n2cncn2)cc1OC. The van der Waals surface area contributed by atoms with Gasteiger partial charge in [-0.1, -0.05) is 0 Å². The first-order valence-electron chi connectivity index (χ1n) is 9.20. The van der Waals surface area contributed by atoms with Gasteiger partial charge >= 0.3 is 6.36 Å². The van der Waals surface area contributed by atoms with Crippen LogP contribution < -0.4 is 19.5 Å². The van der Waals surface area contributed by atoms with Gasteiger partial charge in [0.25, 0.3) is 0 Å². The summed E-state index contributed by atoms with van der Waals surface area (Å²) in [5, 5.41) is 7.06. The number of alkyl halides is 3. The first-order valence-corrected chi connectivity index (χ1v) is 9.20. The van der Waals surface area contributed by atoms with Gasteiger partial charge < -0.3 is 19.5 Å². The largest absolute Gasteiger partial charge is 0.573 e. The van der Waals surface area contributed by atoms with Crippen LogP contribution in [0.4, 0.5) is 23.2 Å². The first kappa shape index (κ1) is 22.2. The normalized spacial score (nSPS) is 11.3. The Bertz CT molecular complexity index is 1010. The lowest BCUT2D eigenvalue weighted by Crippen LogP contribution is -2.17. The molecule has 0 saturated heterocycles. The molecule has 31 heavy (non-hydrogen) atoms. The van der Waals surface area contributed by atoms with E-state index in [0.29, 0.717) is 47.8 Å². The van der Waals surface area contributed by atoms with Crippen LogP contribution in [0.5, 0.6) is 17.2 Å². The Balaban J connectivity index is 1.71. The van der Waals surface area contributed by atoms with Crippen molar-refractivity contribution in [3.05, 3.63) is 54.4 Å². The molecule has 0 aliphatic carbocycles. The standard InChI is InChI=1S/C20H20F4N4O3/c1-29-18-8-13(15(21)10-19(18)30-2)4-3-7-26-16-9-14(31-20(22,23)24)5-6-17(16)28-12-25-11-27-28/h5-6,8-12,26H,3-4,7H2,1-2H3. The molecule has 0 unspecified atom stereocenters. The molecule has 0 aliphatic heterocycles. The van der Waals surface area contributed by atoms with Crippen LogP contribution >= 0.6 is 0 Å². The fraction of sp³-hybridized carbons (Fsp3) is 0.300. The molecule has 0 bridgehead atoms. The molecule has 0 radical (unpaired) electrons. The number of nitrogens with one attached hydrogen (secondary N) is 1. The summed E-state index contributed by atoms with van der Waals surface area (Å²) < 4.78 is 67.6. The predicted octanol–water partition coefficient (Wildman–Crippen LogP) is 4.37. The summed E-state index contributed by atoms with van der Waals surface area (Å²) in [7, 11) is 2.88. The lowest BCUT2D eigenvalue weighted by atomic mass is 10.1. The van der Waals surface area contributed by atoms with Crippen molar-refractivity contribution in [2.45, 2.75) is 19.2 Å². The summed E-state index contributed by atoms with van der Waals surface area (Å²) in [5.41, 5.74) is 1.29. The number of aryl methyl sites for hydroxylation is 1. The highest BCUT2D eigenvalue weighted by atomic mass is 19.4. The third-order valence-corrected chi connectivity index (χ3v) is 4.36. The Hall–Kier alpha value is -3.50. The van der Waals surface area contributed by atoms with E-state index in [-0.39, 0.29) is 5.75 Å². The van der Waals surface area contributed by atoms with Gasteiger partial charge in [0.1, 0.15) is 24.2 Å². The van der Waals surface area contributed by atoms with E-state index < -0.39 is 12.2 Å². The van der Waals surface area contributed by atoms with Gasteiger partial charge in [0.2, 0.25) is 0 Å². The van der Waals surface area contributed by atoms with Gasteiger partial charge in [-0.25, -0.2) is 14.1 Å². The minimum Gasteiger partial charge on any atom is -0.493 e. The van der Waals surface area contributed by atoms with Crippen molar-refractivity contribution in [1.82, 2.24) is 14.8 Å². The number of aromatic nitrogens is 3. The van der Waals surface area contributed by atoms with Crippen molar-refractivity contribution in [3.63, 3.8) is 0 Å². The number of hydrogen-bond donors (Lipinski definition) is 1. The van der Waals surface area contributed by atoms with Gasteiger partial charge in [-0.05, 0) is 36.6 Å². The van der Waals surface area contributed by atoms with Gasteiger partial charge in [-0.2, -0.15) is 5.10 Å². The summed E-state index contributed by atoms with van der Waals surface area (Å²) in [4.78, 5) is 3.85. The molecule has 3 rings (SSSR count). The maximum absolute atomic E-state index is 14.3. The molecule has 1 heterocycles. The van der Waals surface area contributed by atoms with Crippen LogP contribution in [-0.4, -0.2) is 41.9 Å². The highest BCUT2D eigenvalue weighted by molar-refractivity contribution is 5.63. The third kappa shape index (κ3) is 5.77. The van der Waals surface area contributed by atoms with Gasteiger partial charge in [0.05, 0.1) is 25.6 Å². The highest BCUT2D eigenvalue weighted by Crippen LogP contribution is 2.31. The van der Waals surface area contributed by atoms with E-state index in [4.69, 9.17) is 9.47 Å². The molecule has 0 saturated carbocycles. The average molecular weight is 440 g/mol. The number of methoxy groups -OCH3 is 2. The highest BCUT2D eigenvalue weighted by Gasteiger charge is 2.31. The summed E-state index contributed by atoms with van der Waals surface area (Å²) in [6.45, 7) is 0.352. The van der Waals surface area contributed by atoms with E-state index in [1.54, 1.807) is 6.07 Å². The van der Waals surface area contributed by atoms with Crippen molar-refractivity contribution in [2.24, 2.45) is 0 Å². The van der Waals surface area contributed by atoms with E-state index in [9.17, 15) is 17.6 Å². The second-order valence-corrected chi connectivity index (χ2v) is 6.40. The van der Waals surface area contributed by atoms with Crippen LogP contribution in [0, 0.1) is 5.82 Å². The molecule has 2 aromatic carbocycles. The predicted molar refractivity (Wildman–Crippen MR) is 104 cm³/mol. The second kappa shape index (κ2) is 9.54. The van der Waals surface area contributed by atoms with Crippen molar-refractivity contribution < 1.29 is 31.8 Å². The lowest BCUT2D eigenvalue weighted by molar-refractivity contribution is -0.274. The number of nitrogens with zero attached hydrogens (tertiary/aromatic N) is 3. The molecule has 11 heteroatoms. The third-order valence-electron chi connectivity index (χ3n) is 4.36. The Morgan fingerprint density at radius 2 is 1.81 bits per heavy atom. The zero-order valence-electron chi connectivity index (χ0n) is 16.7. The Labute approximate surface area is 175 Å². The molecule has 7 nitrogen and oxygen atoms in total. The minimum absolute atomic E-state index is 0.292. The van der Waals surface area contributed by atoms with E-state index in [1.807, 2.05) is 0 Å².